The van der Waals surface area contributed by atoms with Gasteiger partial charge in [-0.3, -0.25) is 0 Å². The average molecular weight is 399 g/mol. The van der Waals surface area contributed by atoms with Gasteiger partial charge in [0.25, 0.3) is 0 Å². The van der Waals surface area contributed by atoms with E-state index in [1.54, 1.807) is 18.2 Å². The summed E-state index contributed by atoms with van der Waals surface area (Å²) in [6.45, 7) is -0.477. The van der Waals surface area contributed by atoms with Crippen molar-refractivity contribution in [1.29, 1.82) is 5.26 Å². The second-order valence-electron chi connectivity index (χ2n) is 6.51. The monoisotopic (exact) mass is 399 g/mol. The van der Waals surface area contributed by atoms with Crippen LogP contribution in [0.5, 0.6) is 5.75 Å². The fourth-order valence-corrected chi connectivity index (χ4v) is 3.16. The molecule has 0 aliphatic heterocycles. The van der Waals surface area contributed by atoms with Crippen LogP contribution in [0.1, 0.15) is 16.2 Å². The minimum atomic E-state index is -0.675. The van der Waals surface area contributed by atoms with Gasteiger partial charge >= 0.3 is 5.97 Å². The molecule has 0 aliphatic carbocycles. The van der Waals surface area contributed by atoms with Gasteiger partial charge < -0.3 is 19.6 Å². The smallest absolute Gasteiger partial charge is 0.342 e. The SMILES string of the molecule is COc1cc2ccccc2cc1C(=O)OC/C(O)=C(\C#N)c1nc2ccccc2[nH]1. The number of allylic oxidation sites excluding steroid dienone is 1. The first kappa shape index (κ1) is 19.0. The Balaban J connectivity index is 1.59. The summed E-state index contributed by atoms with van der Waals surface area (Å²) in [6, 6.07) is 20.1. The van der Waals surface area contributed by atoms with Gasteiger partial charge in [-0.15, -0.1) is 0 Å². The number of benzene rings is 3. The number of aliphatic hydroxyl groups is 1. The number of rotatable bonds is 5. The maximum Gasteiger partial charge on any atom is 0.342 e. The summed E-state index contributed by atoms with van der Waals surface area (Å²) in [5.41, 5.74) is 1.52. The van der Waals surface area contributed by atoms with Gasteiger partial charge in [0.15, 0.2) is 11.6 Å². The second kappa shape index (κ2) is 7.97. The van der Waals surface area contributed by atoms with Crippen molar-refractivity contribution < 1.29 is 19.4 Å². The number of methoxy groups -OCH3 is 1. The number of fused-ring (bicyclic) bond motifs is 2. The Kier molecular flexibility index (Phi) is 5.06. The summed E-state index contributed by atoms with van der Waals surface area (Å²) in [5.74, 6) is -0.508. The minimum absolute atomic E-state index is 0.0931. The second-order valence-corrected chi connectivity index (χ2v) is 6.51. The van der Waals surface area contributed by atoms with Gasteiger partial charge in [0.05, 0.1) is 18.1 Å². The van der Waals surface area contributed by atoms with E-state index in [-0.39, 0.29) is 17.0 Å². The molecule has 0 bridgehead atoms. The van der Waals surface area contributed by atoms with Crippen molar-refractivity contribution in [3.8, 4) is 11.8 Å². The zero-order valence-corrected chi connectivity index (χ0v) is 16.0. The third-order valence-electron chi connectivity index (χ3n) is 4.65. The van der Waals surface area contributed by atoms with Crippen LogP contribution in [-0.4, -0.2) is 34.8 Å². The maximum atomic E-state index is 12.6. The molecule has 0 unspecified atom stereocenters. The van der Waals surface area contributed by atoms with E-state index >= 15 is 0 Å². The summed E-state index contributed by atoms with van der Waals surface area (Å²) in [4.78, 5) is 19.9. The molecule has 0 fully saturated rings. The van der Waals surface area contributed by atoms with Gasteiger partial charge in [-0.1, -0.05) is 36.4 Å². The molecule has 7 nitrogen and oxygen atoms in total. The Morgan fingerprint density at radius 1 is 1.13 bits per heavy atom. The summed E-state index contributed by atoms with van der Waals surface area (Å²) < 4.78 is 10.6. The highest BCUT2D eigenvalue weighted by Crippen LogP contribution is 2.27. The number of esters is 1. The van der Waals surface area contributed by atoms with Gasteiger partial charge in [-0.05, 0) is 35.0 Å². The fraction of sp³-hybridized carbons (Fsp3) is 0.0870. The standard InChI is InChI=1S/C23H17N3O4/c1-29-21-11-15-7-3-2-6-14(15)10-16(21)23(28)30-13-20(27)17(12-24)22-25-18-8-4-5-9-19(18)26-22/h2-11,27H,13H2,1H3,(H,25,26)/b20-17-. The van der Waals surface area contributed by atoms with Crippen LogP contribution < -0.4 is 4.74 Å². The topological polar surface area (TPSA) is 108 Å². The van der Waals surface area contributed by atoms with E-state index in [1.807, 2.05) is 48.5 Å². The Labute approximate surface area is 171 Å². The first-order valence-corrected chi connectivity index (χ1v) is 9.12. The molecule has 0 saturated heterocycles. The molecular weight excluding hydrogens is 382 g/mol. The average Bonchev–Trinajstić information content (AvgIpc) is 3.20. The minimum Gasteiger partial charge on any atom is -0.507 e. The normalized spacial score (nSPS) is 11.7. The summed E-state index contributed by atoms with van der Waals surface area (Å²) in [7, 11) is 1.47. The molecule has 0 atom stereocenters. The van der Waals surface area contributed by atoms with Gasteiger partial charge in [-0.25, -0.2) is 9.78 Å². The molecule has 2 N–H and O–H groups in total. The van der Waals surface area contributed by atoms with Gasteiger partial charge in [0.1, 0.15) is 29.6 Å². The number of carbonyl (C=O) groups excluding carboxylic acids is 1. The van der Waals surface area contributed by atoms with E-state index in [2.05, 4.69) is 9.97 Å². The molecule has 0 saturated carbocycles. The number of nitrogens with zero attached hydrogens (tertiary/aromatic N) is 2. The van der Waals surface area contributed by atoms with Crippen LogP contribution in [0, 0.1) is 11.3 Å². The zero-order chi connectivity index (χ0) is 21.1. The third-order valence-corrected chi connectivity index (χ3v) is 4.65. The van der Waals surface area contributed by atoms with E-state index in [9.17, 15) is 15.2 Å². The molecule has 0 spiro atoms. The molecule has 4 aromatic rings. The molecule has 1 aromatic heterocycles. The first-order valence-electron chi connectivity index (χ1n) is 9.12. The molecule has 4 rings (SSSR count). The summed E-state index contributed by atoms with van der Waals surface area (Å²) >= 11 is 0. The predicted octanol–water partition coefficient (Wildman–Crippen LogP) is 4.37. The maximum absolute atomic E-state index is 12.6. The number of aliphatic hydroxyl groups excluding tert-OH is 1. The Bertz CT molecular complexity index is 1300. The lowest BCUT2D eigenvalue weighted by Gasteiger charge is -2.10. The number of nitriles is 1. The molecule has 1 heterocycles. The van der Waals surface area contributed by atoms with Crippen molar-refractivity contribution in [2.45, 2.75) is 0 Å². The van der Waals surface area contributed by atoms with Crippen molar-refractivity contribution in [1.82, 2.24) is 9.97 Å². The van der Waals surface area contributed by atoms with Crippen LogP contribution in [0.25, 0.3) is 27.4 Å². The highest BCUT2D eigenvalue weighted by atomic mass is 16.5. The molecule has 30 heavy (non-hydrogen) atoms. The van der Waals surface area contributed by atoms with Crippen molar-refractivity contribution in [2.24, 2.45) is 0 Å². The van der Waals surface area contributed by atoms with Crippen LogP contribution in [0.2, 0.25) is 0 Å². The van der Waals surface area contributed by atoms with Crippen molar-refractivity contribution in [3.05, 3.63) is 77.8 Å². The van der Waals surface area contributed by atoms with E-state index in [4.69, 9.17) is 9.47 Å². The highest BCUT2D eigenvalue weighted by Gasteiger charge is 2.18. The van der Waals surface area contributed by atoms with Crippen LogP contribution in [0.3, 0.4) is 0 Å². The molecule has 3 aromatic carbocycles. The number of ether oxygens (including phenoxy) is 2. The quantitative estimate of drug-likeness (QED) is 0.293. The number of carbonyl (C=O) groups is 1. The summed E-state index contributed by atoms with van der Waals surface area (Å²) in [5, 5.41) is 21.6. The summed E-state index contributed by atoms with van der Waals surface area (Å²) in [6.07, 6.45) is 0. The Morgan fingerprint density at radius 2 is 1.83 bits per heavy atom. The lowest BCUT2D eigenvalue weighted by atomic mass is 10.1. The number of hydrogen-bond donors (Lipinski definition) is 2. The van der Waals surface area contributed by atoms with E-state index in [0.717, 1.165) is 16.3 Å². The molecule has 0 aliphatic rings. The number of aromatic amines is 1. The number of aromatic nitrogens is 2. The van der Waals surface area contributed by atoms with Gasteiger partial charge in [0.2, 0.25) is 0 Å². The number of nitrogens with one attached hydrogen (secondary N) is 1. The van der Waals surface area contributed by atoms with Crippen molar-refractivity contribution in [2.75, 3.05) is 13.7 Å². The van der Waals surface area contributed by atoms with Crippen LogP contribution in [0.15, 0.2) is 66.4 Å². The number of hydrogen-bond acceptors (Lipinski definition) is 6. The third kappa shape index (κ3) is 3.54. The van der Waals surface area contributed by atoms with E-state index in [1.165, 1.54) is 7.11 Å². The van der Waals surface area contributed by atoms with E-state index in [0.29, 0.717) is 11.3 Å². The molecular formula is C23H17N3O4. The van der Waals surface area contributed by atoms with Crippen molar-refractivity contribution >= 4 is 33.3 Å². The predicted molar refractivity (Wildman–Crippen MR) is 112 cm³/mol. The number of para-hydroxylation sites is 2. The largest absolute Gasteiger partial charge is 0.507 e. The van der Waals surface area contributed by atoms with Crippen LogP contribution in [-0.2, 0) is 4.74 Å². The fourth-order valence-electron chi connectivity index (χ4n) is 3.16. The van der Waals surface area contributed by atoms with Crippen molar-refractivity contribution in [3.63, 3.8) is 0 Å². The lowest BCUT2D eigenvalue weighted by Crippen LogP contribution is -2.10. The molecule has 148 valence electrons. The van der Waals surface area contributed by atoms with E-state index < -0.39 is 18.3 Å². The number of H-pyrrole nitrogens is 1. The molecule has 7 heteroatoms. The molecule has 0 amide bonds. The molecule has 0 radical (unpaired) electrons. The van der Waals surface area contributed by atoms with Gasteiger partial charge in [0, 0.05) is 0 Å². The Hall–Kier alpha value is -4.31. The zero-order valence-electron chi connectivity index (χ0n) is 16.0. The van der Waals surface area contributed by atoms with Crippen LogP contribution in [0.4, 0.5) is 0 Å². The number of imidazole rings is 1. The van der Waals surface area contributed by atoms with Gasteiger partial charge in [-0.2, -0.15) is 5.26 Å². The Morgan fingerprint density at radius 3 is 2.53 bits per heavy atom. The lowest BCUT2D eigenvalue weighted by molar-refractivity contribution is 0.0499. The highest BCUT2D eigenvalue weighted by molar-refractivity contribution is 5.98. The van der Waals surface area contributed by atoms with Crippen LogP contribution >= 0.6 is 0 Å². The first-order chi connectivity index (χ1) is 14.6.